The Hall–Kier alpha value is -0.630. The van der Waals surface area contributed by atoms with Crippen molar-refractivity contribution < 1.29 is 9.59 Å². The Balaban J connectivity index is 2.51. The van der Waals surface area contributed by atoms with E-state index in [4.69, 9.17) is 0 Å². The Labute approximate surface area is 135 Å². The fraction of sp³-hybridized carbons (Fsp3) is 0.385. The summed E-state index contributed by atoms with van der Waals surface area (Å²) in [5.41, 5.74) is 0.562. The molecule has 0 atom stereocenters. The molecule has 0 fully saturated rings. The lowest BCUT2D eigenvalue weighted by molar-refractivity contribution is -0.120. The molecular weight excluding hydrogens is 423 g/mol. The van der Waals surface area contributed by atoms with E-state index in [-0.39, 0.29) is 18.4 Å². The number of hydrogen-bond donors (Lipinski definition) is 2. The molecule has 0 aromatic heterocycles. The van der Waals surface area contributed by atoms with Gasteiger partial charge in [-0.25, -0.2) is 0 Å². The van der Waals surface area contributed by atoms with Crippen LogP contribution in [0.5, 0.6) is 0 Å². The van der Waals surface area contributed by atoms with E-state index in [9.17, 15) is 9.59 Å². The number of benzene rings is 1. The molecule has 0 aliphatic rings. The zero-order valence-electron chi connectivity index (χ0n) is 10.8. The molecule has 0 bridgehead atoms. The first-order valence-electron chi connectivity index (χ1n) is 5.90. The van der Waals surface area contributed by atoms with E-state index in [1.807, 2.05) is 26.0 Å². The number of halogens is 2. The van der Waals surface area contributed by atoms with Gasteiger partial charge in [0.15, 0.2) is 0 Å². The van der Waals surface area contributed by atoms with Crippen molar-refractivity contribution in [1.29, 1.82) is 0 Å². The summed E-state index contributed by atoms with van der Waals surface area (Å²) in [4.78, 5) is 23.4. The summed E-state index contributed by atoms with van der Waals surface area (Å²) in [5, 5.41) is 5.36. The van der Waals surface area contributed by atoms with Crippen molar-refractivity contribution in [2.75, 3.05) is 13.1 Å². The van der Waals surface area contributed by atoms with Gasteiger partial charge >= 0.3 is 0 Å². The van der Waals surface area contributed by atoms with Gasteiger partial charge in [-0.3, -0.25) is 9.59 Å². The smallest absolute Gasteiger partial charge is 0.252 e. The second kappa shape index (κ2) is 7.84. The van der Waals surface area contributed by atoms with Crippen molar-refractivity contribution >= 4 is 50.3 Å². The molecule has 0 aliphatic heterocycles. The summed E-state index contributed by atoms with van der Waals surface area (Å²) in [6.45, 7) is 4.64. The number of carbonyl (C=O) groups excluding carboxylic acids is 2. The van der Waals surface area contributed by atoms with Crippen LogP contribution in [0.1, 0.15) is 24.2 Å². The molecule has 0 saturated carbocycles. The molecule has 1 aromatic rings. The summed E-state index contributed by atoms with van der Waals surface area (Å²) >= 11 is 5.42. The van der Waals surface area contributed by atoms with Gasteiger partial charge in [-0.2, -0.15) is 0 Å². The minimum Gasteiger partial charge on any atom is -0.354 e. The molecular formula is C13H16BrIN2O2. The molecule has 1 aromatic carbocycles. The number of carbonyl (C=O) groups is 2. The van der Waals surface area contributed by atoms with Gasteiger partial charge < -0.3 is 10.6 Å². The third kappa shape index (κ3) is 5.90. The molecule has 6 heteroatoms. The van der Waals surface area contributed by atoms with E-state index in [0.717, 1.165) is 8.04 Å². The maximum Gasteiger partial charge on any atom is 0.252 e. The van der Waals surface area contributed by atoms with Gasteiger partial charge in [0, 0.05) is 14.6 Å². The Morgan fingerprint density at radius 1 is 1.32 bits per heavy atom. The van der Waals surface area contributed by atoms with Crippen LogP contribution in [-0.4, -0.2) is 24.9 Å². The van der Waals surface area contributed by atoms with E-state index in [1.54, 1.807) is 6.07 Å². The third-order valence-electron chi connectivity index (χ3n) is 2.29. The first-order valence-corrected chi connectivity index (χ1v) is 7.77. The van der Waals surface area contributed by atoms with Crippen LogP contribution >= 0.6 is 38.5 Å². The van der Waals surface area contributed by atoms with Crippen molar-refractivity contribution in [3.63, 3.8) is 0 Å². The van der Waals surface area contributed by atoms with E-state index in [1.165, 1.54) is 0 Å². The maximum atomic E-state index is 11.9. The van der Waals surface area contributed by atoms with Crippen molar-refractivity contribution in [3.05, 3.63) is 31.8 Å². The van der Waals surface area contributed by atoms with Crippen LogP contribution < -0.4 is 10.6 Å². The minimum atomic E-state index is -0.245. The van der Waals surface area contributed by atoms with Gasteiger partial charge in [-0.05, 0) is 46.7 Å². The van der Waals surface area contributed by atoms with Crippen molar-refractivity contribution in [2.45, 2.75) is 13.8 Å². The molecule has 0 saturated heterocycles. The second-order valence-corrected chi connectivity index (χ2v) is 6.58. The predicted octanol–water partition coefficient (Wildman–Crippen LogP) is 2.56. The standard InChI is InChI=1S/C13H16BrIN2O2/c1-8(2)6-16-12(18)7-17-13(19)10-5-9(14)3-4-11(10)15/h3-5,8H,6-7H2,1-2H3,(H,16,18)(H,17,19). The highest BCUT2D eigenvalue weighted by Crippen LogP contribution is 2.18. The van der Waals surface area contributed by atoms with Gasteiger partial charge in [-0.15, -0.1) is 0 Å². The lowest BCUT2D eigenvalue weighted by atomic mass is 10.2. The number of nitrogens with one attached hydrogen (secondary N) is 2. The molecule has 0 aliphatic carbocycles. The summed E-state index contributed by atoms with van der Waals surface area (Å²) in [5.74, 6) is -0.0249. The highest BCUT2D eigenvalue weighted by Gasteiger charge is 2.11. The molecule has 0 unspecified atom stereocenters. The van der Waals surface area contributed by atoms with E-state index in [2.05, 4.69) is 49.2 Å². The second-order valence-electron chi connectivity index (χ2n) is 4.50. The quantitative estimate of drug-likeness (QED) is 0.694. The van der Waals surface area contributed by atoms with Crippen LogP contribution in [0.3, 0.4) is 0 Å². The zero-order chi connectivity index (χ0) is 14.4. The fourth-order valence-corrected chi connectivity index (χ4v) is 2.25. The molecule has 2 amide bonds. The number of amides is 2. The molecule has 2 N–H and O–H groups in total. The van der Waals surface area contributed by atoms with Crippen LogP contribution in [0.25, 0.3) is 0 Å². The van der Waals surface area contributed by atoms with E-state index in [0.29, 0.717) is 18.0 Å². The van der Waals surface area contributed by atoms with Crippen LogP contribution in [0.15, 0.2) is 22.7 Å². The summed E-state index contributed by atoms with van der Waals surface area (Å²) in [7, 11) is 0. The van der Waals surface area contributed by atoms with Gasteiger partial charge in [0.1, 0.15) is 0 Å². The van der Waals surface area contributed by atoms with Crippen molar-refractivity contribution in [3.8, 4) is 0 Å². The van der Waals surface area contributed by atoms with Crippen LogP contribution in [0, 0.1) is 9.49 Å². The maximum absolute atomic E-state index is 11.9. The van der Waals surface area contributed by atoms with Gasteiger partial charge in [-0.1, -0.05) is 29.8 Å². The predicted molar refractivity (Wildman–Crippen MR) is 87.0 cm³/mol. The highest BCUT2D eigenvalue weighted by atomic mass is 127. The SMILES string of the molecule is CC(C)CNC(=O)CNC(=O)c1cc(Br)ccc1I. The first-order chi connectivity index (χ1) is 8.90. The van der Waals surface area contributed by atoms with Crippen LogP contribution in [-0.2, 0) is 4.79 Å². The normalized spacial score (nSPS) is 10.4. The van der Waals surface area contributed by atoms with Crippen LogP contribution in [0.4, 0.5) is 0 Å². The summed E-state index contributed by atoms with van der Waals surface area (Å²) in [6.07, 6.45) is 0. The van der Waals surface area contributed by atoms with Gasteiger partial charge in [0.2, 0.25) is 5.91 Å². The largest absolute Gasteiger partial charge is 0.354 e. The Morgan fingerprint density at radius 3 is 2.63 bits per heavy atom. The van der Waals surface area contributed by atoms with E-state index >= 15 is 0 Å². The average molecular weight is 439 g/mol. The Bertz CT molecular complexity index is 478. The lowest BCUT2D eigenvalue weighted by Crippen LogP contribution is -2.38. The van der Waals surface area contributed by atoms with Gasteiger partial charge in [0.25, 0.3) is 5.91 Å². The molecule has 4 nitrogen and oxygen atoms in total. The Kier molecular flexibility index (Phi) is 6.78. The Morgan fingerprint density at radius 2 is 2.00 bits per heavy atom. The molecule has 0 radical (unpaired) electrons. The minimum absolute atomic E-state index is 0.00581. The van der Waals surface area contributed by atoms with Crippen molar-refractivity contribution in [1.82, 2.24) is 10.6 Å². The van der Waals surface area contributed by atoms with Crippen molar-refractivity contribution in [2.24, 2.45) is 5.92 Å². The van der Waals surface area contributed by atoms with Gasteiger partial charge in [0.05, 0.1) is 12.1 Å². The molecule has 0 heterocycles. The van der Waals surface area contributed by atoms with E-state index < -0.39 is 0 Å². The first kappa shape index (κ1) is 16.4. The summed E-state index contributed by atoms with van der Waals surface area (Å²) in [6, 6.07) is 5.45. The summed E-state index contributed by atoms with van der Waals surface area (Å²) < 4.78 is 1.68. The molecule has 1 rings (SSSR count). The molecule has 0 spiro atoms. The highest BCUT2D eigenvalue weighted by molar-refractivity contribution is 14.1. The zero-order valence-corrected chi connectivity index (χ0v) is 14.5. The lowest BCUT2D eigenvalue weighted by Gasteiger charge is -2.09. The fourth-order valence-electron chi connectivity index (χ4n) is 1.31. The van der Waals surface area contributed by atoms with Crippen LogP contribution in [0.2, 0.25) is 0 Å². The monoisotopic (exact) mass is 438 g/mol. The average Bonchev–Trinajstić information content (AvgIpc) is 2.36. The number of hydrogen-bond acceptors (Lipinski definition) is 2. The topological polar surface area (TPSA) is 58.2 Å². The number of rotatable bonds is 5. The third-order valence-corrected chi connectivity index (χ3v) is 3.72. The molecule has 104 valence electrons. The molecule has 19 heavy (non-hydrogen) atoms.